The zero-order valence-electron chi connectivity index (χ0n) is 9.08. The Morgan fingerprint density at radius 2 is 2.21 bits per heavy atom. The average Bonchev–Trinajstić information content (AvgIpc) is 2.18. The molecule has 0 aliphatic heterocycles. The van der Waals surface area contributed by atoms with E-state index in [1.807, 2.05) is 0 Å². The Morgan fingerprint density at radius 1 is 1.43 bits per heavy atom. The van der Waals surface area contributed by atoms with Crippen molar-refractivity contribution in [1.82, 2.24) is 0 Å². The van der Waals surface area contributed by atoms with E-state index in [4.69, 9.17) is 5.21 Å². The summed E-state index contributed by atoms with van der Waals surface area (Å²) in [5.74, 6) is 0.754. The molecule has 1 saturated carbocycles. The molecule has 0 aromatic carbocycles. The first-order valence-electron chi connectivity index (χ1n) is 5.58. The molecule has 0 bridgehead atoms. The van der Waals surface area contributed by atoms with Gasteiger partial charge in [-0.2, -0.15) is 0 Å². The third kappa shape index (κ3) is 1.37. The molecular weight excluding hydrogens is 174 g/mol. The number of oxime groups is 1. The van der Waals surface area contributed by atoms with Crippen LogP contribution in [-0.4, -0.2) is 10.9 Å². The Hall–Kier alpha value is -0.790. The van der Waals surface area contributed by atoms with Gasteiger partial charge >= 0.3 is 0 Å². The van der Waals surface area contributed by atoms with Gasteiger partial charge in [-0.25, -0.2) is 0 Å². The highest BCUT2D eigenvalue weighted by molar-refractivity contribution is 5.93. The number of rotatable bonds is 0. The molecule has 0 amide bonds. The van der Waals surface area contributed by atoms with Gasteiger partial charge in [-0.1, -0.05) is 30.7 Å². The third-order valence-corrected chi connectivity index (χ3v) is 3.85. The lowest BCUT2D eigenvalue weighted by atomic mass is 9.63. The van der Waals surface area contributed by atoms with Crippen molar-refractivity contribution in [1.29, 1.82) is 0 Å². The second-order valence-corrected chi connectivity index (χ2v) is 5.00. The third-order valence-electron chi connectivity index (χ3n) is 3.85. The molecule has 0 aromatic rings. The van der Waals surface area contributed by atoms with Crippen LogP contribution in [0.3, 0.4) is 0 Å². The standard InChI is InChI=1S/C12H19NO/c1-12(2)10-6-4-3-5-9(10)7-8-11(12)13-14/h6,9,14H,3-5,7-8H2,1-2H3/b13-11+/t9-/m0/s1. The van der Waals surface area contributed by atoms with Crippen LogP contribution in [0.15, 0.2) is 16.8 Å². The number of nitrogens with zero attached hydrogens (tertiary/aromatic N) is 1. The minimum Gasteiger partial charge on any atom is -0.411 e. The predicted molar refractivity (Wildman–Crippen MR) is 57.7 cm³/mol. The molecule has 2 aliphatic rings. The summed E-state index contributed by atoms with van der Waals surface area (Å²) in [7, 11) is 0. The van der Waals surface area contributed by atoms with Crippen molar-refractivity contribution in [2.45, 2.75) is 46.0 Å². The minimum absolute atomic E-state index is 0.00190. The highest BCUT2D eigenvalue weighted by atomic mass is 16.4. The van der Waals surface area contributed by atoms with E-state index in [2.05, 4.69) is 25.1 Å². The highest BCUT2D eigenvalue weighted by Gasteiger charge is 2.39. The fourth-order valence-electron chi connectivity index (χ4n) is 2.97. The Labute approximate surface area is 85.7 Å². The summed E-state index contributed by atoms with van der Waals surface area (Å²) in [4.78, 5) is 0. The Morgan fingerprint density at radius 3 is 2.93 bits per heavy atom. The summed E-state index contributed by atoms with van der Waals surface area (Å²) in [5.41, 5.74) is 2.47. The van der Waals surface area contributed by atoms with E-state index in [0.717, 1.165) is 18.1 Å². The topological polar surface area (TPSA) is 32.6 Å². The average molecular weight is 193 g/mol. The number of allylic oxidation sites excluding steroid dienone is 2. The molecule has 0 saturated heterocycles. The quantitative estimate of drug-likeness (QED) is 0.357. The lowest BCUT2D eigenvalue weighted by Gasteiger charge is -2.41. The lowest BCUT2D eigenvalue weighted by Crippen LogP contribution is -2.36. The normalized spacial score (nSPS) is 33.7. The molecule has 2 heteroatoms. The van der Waals surface area contributed by atoms with Crippen molar-refractivity contribution < 1.29 is 5.21 Å². The minimum atomic E-state index is -0.00190. The van der Waals surface area contributed by atoms with E-state index in [1.54, 1.807) is 0 Å². The molecule has 1 N–H and O–H groups in total. The SMILES string of the molecule is CC1(C)C2=CCCC[C@H]2CC/C1=N\O. The lowest BCUT2D eigenvalue weighted by molar-refractivity contribution is 0.297. The van der Waals surface area contributed by atoms with Crippen LogP contribution in [0.25, 0.3) is 0 Å². The number of hydrogen-bond donors (Lipinski definition) is 1. The van der Waals surface area contributed by atoms with E-state index in [9.17, 15) is 0 Å². The monoisotopic (exact) mass is 193 g/mol. The predicted octanol–water partition coefficient (Wildman–Crippen LogP) is 3.36. The van der Waals surface area contributed by atoms with E-state index >= 15 is 0 Å². The molecule has 14 heavy (non-hydrogen) atoms. The van der Waals surface area contributed by atoms with Gasteiger partial charge in [-0.15, -0.1) is 0 Å². The van der Waals surface area contributed by atoms with Gasteiger partial charge in [-0.05, 0) is 38.0 Å². The zero-order valence-corrected chi connectivity index (χ0v) is 9.08. The largest absolute Gasteiger partial charge is 0.411 e. The first-order valence-corrected chi connectivity index (χ1v) is 5.58. The Bertz CT molecular complexity index is 289. The molecule has 0 heterocycles. The van der Waals surface area contributed by atoms with Crippen LogP contribution in [-0.2, 0) is 0 Å². The van der Waals surface area contributed by atoms with Crippen LogP contribution in [0.4, 0.5) is 0 Å². The summed E-state index contributed by atoms with van der Waals surface area (Å²) in [6, 6.07) is 0. The first-order chi connectivity index (χ1) is 6.66. The molecule has 78 valence electrons. The van der Waals surface area contributed by atoms with Gasteiger partial charge in [0.2, 0.25) is 0 Å². The molecule has 1 fully saturated rings. The number of hydrogen-bond acceptors (Lipinski definition) is 2. The van der Waals surface area contributed by atoms with Crippen molar-refractivity contribution in [2.24, 2.45) is 16.5 Å². The molecule has 0 radical (unpaired) electrons. The maximum absolute atomic E-state index is 8.98. The van der Waals surface area contributed by atoms with Crippen LogP contribution < -0.4 is 0 Å². The molecule has 0 spiro atoms. The molecule has 2 aliphatic carbocycles. The molecule has 1 atom stereocenters. The van der Waals surface area contributed by atoms with Crippen molar-refractivity contribution >= 4 is 5.71 Å². The van der Waals surface area contributed by atoms with E-state index < -0.39 is 0 Å². The summed E-state index contributed by atoms with van der Waals surface area (Å²) < 4.78 is 0. The maximum atomic E-state index is 8.98. The maximum Gasteiger partial charge on any atom is 0.0667 e. The van der Waals surface area contributed by atoms with Crippen LogP contribution in [0, 0.1) is 11.3 Å². The van der Waals surface area contributed by atoms with Crippen LogP contribution in [0.1, 0.15) is 46.0 Å². The summed E-state index contributed by atoms with van der Waals surface area (Å²) in [6.07, 6.45) is 8.37. The Balaban J connectivity index is 2.35. The van der Waals surface area contributed by atoms with Gasteiger partial charge in [0.05, 0.1) is 5.71 Å². The smallest absolute Gasteiger partial charge is 0.0667 e. The van der Waals surface area contributed by atoms with Gasteiger partial charge in [0.15, 0.2) is 0 Å². The van der Waals surface area contributed by atoms with Gasteiger partial charge in [0.25, 0.3) is 0 Å². The second kappa shape index (κ2) is 3.41. The highest BCUT2D eigenvalue weighted by Crippen LogP contribution is 2.45. The van der Waals surface area contributed by atoms with Gasteiger partial charge in [0.1, 0.15) is 0 Å². The van der Waals surface area contributed by atoms with Gasteiger partial charge in [-0.3, -0.25) is 0 Å². The van der Waals surface area contributed by atoms with Crippen molar-refractivity contribution in [3.8, 4) is 0 Å². The van der Waals surface area contributed by atoms with Crippen LogP contribution >= 0.6 is 0 Å². The molecule has 0 aromatic heterocycles. The van der Waals surface area contributed by atoms with Crippen LogP contribution in [0.2, 0.25) is 0 Å². The molecule has 2 rings (SSSR count). The Kier molecular flexibility index (Phi) is 2.38. The summed E-state index contributed by atoms with van der Waals surface area (Å²) >= 11 is 0. The molecular formula is C12H19NO. The van der Waals surface area contributed by atoms with Crippen molar-refractivity contribution in [3.05, 3.63) is 11.6 Å². The van der Waals surface area contributed by atoms with E-state index in [0.29, 0.717) is 0 Å². The van der Waals surface area contributed by atoms with E-state index in [1.165, 1.54) is 31.3 Å². The fraction of sp³-hybridized carbons (Fsp3) is 0.750. The molecule has 2 nitrogen and oxygen atoms in total. The van der Waals surface area contributed by atoms with E-state index in [-0.39, 0.29) is 5.41 Å². The van der Waals surface area contributed by atoms with Gasteiger partial charge in [0, 0.05) is 5.41 Å². The van der Waals surface area contributed by atoms with Crippen molar-refractivity contribution in [2.75, 3.05) is 0 Å². The van der Waals surface area contributed by atoms with Gasteiger partial charge < -0.3 is 5.21 Å². The first kappa shape index (κ1) is 9.75. The second-order valence-electron chi connectivity index (χ2n) is 5.00. The number of fused-ring (bicyclic) bond motifs is 1. The summed E-state index contributed by atoms with van der Waals surface area (Å²) in [6.45, 7) is 4.37. The molecule has 0 unspecified atom stereocenters. The van der Waals surface area contributed by atoms with Crippen LogP contribution in [0.5, 0.6) is 0 Å². The van der Waals surface area contributed by atoms with Crippen molar-refractivity contribution in [3.63, 3.8) is 0 Å². The summed E-state index contributed by atoms with van der Waals surface area (Å²) in [5, 5.41) is 12.4. The zero-order chi connectivity index (χ0) is 10.2. The fourth-order valence-corrected chi connectivity index (χ4v) is 2.97.